The fourth-order valence-electron chi connectivity index (χ4n) is 1.28. The van der Waals surface area contributed by atoms with Crippen molar-refractivity contribution in [1.29, 1.82) is 5.26 Å². The summed E-state index contributed by atoms with van der Waals surface area (Å²) in [7, 11) is 0. The number of ether oxygens (including phenoxy) is 1. The number of hydrogen-bond donors (Lipinski definition) is 1. The van der Waals surface area contributed by atoms with Crippen molar-refractivity contribution in [3.8, 4) is 6.07 Å². The molecule has 0 bridgehead atoms. The first-order valence-corrected chi connectivity index (χ1v) is 5.71. The molecule has 1 N–H and O–H groups in total. The van der Waals surface area contributed by atoms with Gasteiger partial charge in [-0.2, -0.15) is 5.26 Å². The summed E-state index contributed by atoms with van der Waals surface area (Å²) in [5, 5.41) is 11.2. The van der Waals surface area contributed by atoms with Crippen molar-refractivity contribution in [2.75, 3.05) is 5.32 Å². The van der Waals surface area contributed by atoms with Crippen molar-refractivity contribution >= 4 is 17.6 Å². The third-order valence-electron chi connectivity index (χ3n) is 2.25. The molecule has 0 radical (unpaired) electrons. The van der Waals surface area contributed by atoms with Crippen molar-refractivity contribution in [2.24, 2.45) is 0 Å². The maximum atomic E-state index is 11.7. The summed E-state index contributed by atoms with van der Waals surface area (Å²) in [5.74, 6) is -0.993. The summed E-state index contributed by atoms with van der Waals surface area (Å²) in [6.07, 6.45) is 1.89. The highest BCUT2D eigenvalue weighted by molar-refractivity contribution is 5.95. The van der Waals surface area contributed by atoms with E-state index in [4.69, 9.17) is 10.00 Å². The lowest BCUT2D eigenvalue weighted by Gasteiger charge is -2.12. The minimum atomic E-state index is -0.889. The highest BCUT2D eigenvalue weighted by Crippen LogP contribution is 2.09. The van der Waals surface area contributed by atoms with Crippen molar-refractivity contribution in [2.45, 2.75) is 20.0 Å². The third kappa shape index (κ3) is 4.64. The Balaban J connectivity index is 2.58. The van der Waals surface area contributed by atoms with Gasteiger partial charge in [0.15, 0.2) is 6.10 Å². The molecule has 98 valence electrons. The van der Waals surface area contributed by atoms with Gasteiger partial charge >= 0.3 is 5.97 Å². The molecule has 1 aromatic carbocycles. The molecule has 1 atom stereocenters. The summed E-state index contributed by atoms with van der Waals surface area (Å²) in [6.45, 7) is 3.17. The van der Waals surface area contributed by atoms with Gasteiger partial charge in [0, 0.05) is 11.8 Å². The maximum absolute atomic E-state index is 11.7. The number of carbonyl (C=O) groups excluding carboxylic acids is 2. The molecule has 1 amide bonds. The second-order valence-corrected chi connectivity index (χ2v) is 3.76. The minimum absolute atomic E-state index is 0.428. The summed E-state index contributed by atoms with van der Waals surface area (Å²) in [5.41, 5.74) is 1.04. The number of amides is 1. The van der Waals surface area contributed by atoms with Gasteiger partial charge in [0.2, 0.25) is 0 Å². The van der Waals surface area contributed by atoms with E-state index < -0.39 is 18.0 Å². The molecule has 1 rings (SSSR count). The summed E-state index contributed by atoms with van der Waals surface area (Å²) in [4.78, 5) is 22.9. The number of anilines is 1. The van der Waals surface area contributed by atoms with Crippen LogP contribution in [0.3, 0.4) is 0 Å². The number of nitrogens with one attached hydrogen (secondary N) is 1. The van der Waals surface area contributed by atoms with Crippen LogP contribution >= 0.6 is 0 Å². The predicted octanol–water partition coefficient (Wildman–Crippen LogP) is 2.00. The quantitative estimate of drug-likeness (QED) is 0.661. The molecule has 5 heteroatoms. The van der Waals surface area contributed by atoms with E-state index in [0.717, 1.165) is 0 Å². The number of rotatable bonds is 4. The number of allylic oxidation sites excluding steroid dienone is 1. The van der Waals surface area contributed by atoms with Gasteiger partial charge in [-0.05, 0) is 38.1 Å². The summed E-state index contributed by atoms with van der Waals surface area (Å²) in [6, 6.07) is 8.38. The number of carbonyl (C=O) groups is 2. The Morgan fingerprint density at radius 1 is 1.37 bits per heavy atom. The van der Waals surface area contributed by atoms with Crippen LogP contribution in [-0.2, 0) is 14.3 Å². The van der Waals surface area contributed by atoms with E-state index in [1.807, 2.05) is 6.07 Å². The number of nitrogens with zero attached hydrogens (tertiary/aromatic N) is 1. The fourth-order valence-corrected chi connectivity index (χ4v) is 1.28. The molecule has 0 aromatic heterocycles. The van der Waals surface area contributed by atoms with E-state index in [0.29, 0.717) is 11.3 Å². The standard InChI is InChI=1S/C14H14N2O3/c1-3-4-13(17)19-10(2)14(18)16-12-7-5-11(9-15)6-8-12/h3-8,10H,1-2H3,(H,16,18)/b4-3+/t10-/m1/s1. The molecule has 5 nitrogen and oxygen atoms in total. The van der Waals surface area contributed by atoms with Crippen LogP contribution in [0.1, 0.15) is 19.4 Å². The zero-order chi connectivity index (χ0) is 14.3. The van der Waals surface area contributed by atoms with Gasteiger partial charge in [0.25, 0.3) is 5.91 Å². The van der Waals surface area contributed by atoms with Crippen LogP contribution < -0.4 is 5.32 Å². The zero-order valence-electron chi connectivity index (χ0n) is 10.7. The van der Waals surface area contributed by atoms with Crippen LogP contribution in [0.15, 0.2) is 36.4 Å². The Labute approximate surface area is 111 Å². The molecule has 0 saturated carbocycles. The molecule has 19 heavy (non-hydrogen) atoms. The smallest absolute Gasteiger partial charge is 0.331 e. The van der Waals surface area contributed by atoms with Gasteiger partial charge < -0.3 is 10.1 Å². The van der Waals surface area contributed by atoms with Gasteiger partial charge in [-0.3, -0.25) is 4.79 Å². The topological polar surface area (TPSA) is 79.2 Å². The lowest BCUT2D eigenvalue weighted by Crippen LogP contribution is -2.29. The number of benzene rings is 1. The first-order valence-electron chi connectivity index (χ1n) is 5.71. The van der Waals surface area contributed by atoms with E-state index in [1.54, 1.807) is 31.2 Å². The molecule has 0 saturated heterocycles. The second kappa shape index (κ2) is 6.97. The first kappa shape index (κ1) is 14.5. The lowest BCUT2D eigenvalue weighted by molar-refractivity contribution is -0.148. The van der Waals surface area contributed by atoms with Crippen LogP contribution in [0.25, 0.3) is 0 Å². The van der Waals surface area contributed by atoms with Gasteiger partial charge in [0.1, 0.15) is 0 Å². The SMILES string of the molecule is C/C=C/C(=O)O[C@H](C)C(=O)Nc1ccc(C#N)cc1. The van der Waals surface area contributed by atoms with Gasteiger partial charge in [-0.1, -0.05) is 6.08 Å². The van der Waals surface area contributed by atoms with Gasteiger partial charge in [0.05, 0.1) is 11.6 Å². The molecule has 0 aliphatic carbocycles. The molecular formula is C14H14N2O3. The summed E-state index contributed by atoms with van der Waals surface area (Å²) < 4.78 is 4.88. The Morgan fingerprint density at radius 3 is 2.53 bits per heavy atom. The largest absolute Gasteiger partial charge is 0.449 e. The molecule has 0 spiro atoms. The van der Waals surface area contributed by atoms with Crippen LogP contribution in [0.2, 0.25) is 0 Å². The average Bonchev–Trinajstić information content (AvgIpc) is 2.39. The average molecular weight is 258 g/mol. The van der Waals surface area contributed by atoms with Crippen LogP contribution in [0.4, 0.5) is 5.69 Å². The van der Waals surface area contributed by atoms with Crippen LogP contribution in [0.5, 0.6) is 0 Å². The normalized spacial score (nSPS) is 11.6. The lowest BCUT2D eigenvalue weighted by atomic mass is 10.2. The van der Waals surface area contributed by atoms with Gasteiger partial charge in [-0.15, -0.1) is 0 Å². The molecule has 1 aromatic rings. The minimum Gasteiger partial charge on any atom is -0.449 e. The Bertz CT molecular complexity index is 527. The number of esters is 1. The Kier molecular flexibility index (Phi) is 5.30. The molecule has 0 unspecified atom stereocenters. The summed E-state index contributed by atoms with van der Waals surface area (Å²) >= 11 is 0. The predicted molar refractivity (Wildman–Crippen MR) is 70.2 cm³/mol. The van der Waals surface area contributed by atoms with E-state index in [-0.39, 0.29) is 0 Å². The van der Waals surface area contributed by atoms with E-state index in [2.05, 4.69) is 5.32 Å². The molecule has 0 aliphatic heterocycles. The van der Waals surface area contributed by atoms with Crippen molar-refractivity contribution in [1.82, 2.24) is 0 Å². The van der Waals surface area contributed by atoms with E-state index in [1.165, 1.54) is 19.1 Å². The van der Waals surface area contributed by atoms with Crippen molar-refractivity contribution in [3.05, 3.63) is 42.0 Å². The first-order chi connectivity index (χ1) is 9.06. The van der Waals surface area contributed by atoms with Crippen LogP contribution in [0, 0.1) is 11.3 Å². The molecule has 0 aliphatic rings. The maximum Gasteiger partial charge on any atom is 0.331 e. The highest BCUT2D eigenvalue weighted by Gasteiger charge is 2.16. The zero-order valence-corrected chi connectivity index (χ0v) is 10.7. The monoisotopic (exact) mass is 258 g/mol. The fraction of sp³-hybridized carbons (Fsp3) is 0.214. The molecule has 0 fully saturated rings. The van der Waals surface area contributed by atoms with Crippen molar-refractivity contribution in [3.63, 3.8) is 0 Å². The molecular weight excluding hydrogens is 244 g/mol. The van der Waals surface area contributed by atoms with Gasteiger partial charge in [-0.25, -0.2) is 4.79 Å². The Morgan fingerprint density at radius 2 is 2.00 bits per heavy atom. The van der Waals surface area contributed by atoms with E-state index >= 15 is 0 Å². The molecule has 0 heterocycles. The Hall–Kier alpha value is -2.61. The second-order valence-electron chi connectivity index (χ2n) is 3.76. The van der Waals surface area contributed by atoms with Crippen LogP contribution in [-0.4, -0.2) is 18.0 Å². The third-order valence-corrected chi connectivity index (χ3v) is 2.25. The number of nitriles is 1. The highest BCUT2D eigenvalue weighted by atomic mass is 16.5. The van der Waals surface area contributed by atoms with Crippen molar-refractivity contribution < 1.29 is 14.3 Å². The van der Waals surface area contributed by atoms with E-state index in [9.17, 15) is 9.59 Å². The number of hydrogen-bond acceptors (Lipinski definition) is 4.